The van der Waals surface area contributed by atoms with Crippen LogP contribution in [0.4, 0.5) is 0 Å². The van der Waals surface area contributed by atoms with Gasteiger partial charge in [0, 0.05) is 31.5 Å². The van der Waals surface area contributed by atoms with Crippen molar-refractivity contribution < 1.29 is 14.3 Å². The van der Waals surface area contributed by atoms with Gasteiger partial charge in [-0.1, -0.05) is 29.8 Å². The standard InChI is InChI=1S/C17H22ClN3O3/c1-23-9-10-24-8-4-7-19-17(22)15-11-20-21(13-15)12-14-5-2-3-6-16(14)18/h2-3,5-6,11,13H,4,7-10,12H2,1H3,(H,19,22). The van der Waals surface area contributed by atoms with Crippen molar-refractivity contribution in [3.05, 3.63) is 52.8 Å². The maximum Gasteiger partial charge on any atom is 0.254 e. The number of ether oxygens (including phenoxy) is 2. The minimum atomic E-state index is -0.141. The lowest BCUT2D eigenvalue weighted by Crippen LogP contribution is -2.25. The Labute approximate surface area is 146 Å². The van der Waals surface area contributed by atoms with Crippen molar-refractivity contribution in [2.45, 2.75) is 13.0 Å². The molecule has 0 unspecified atom stereocenters. The van der Waals surface area contributed by atoms with Crippen LogP contribution in [0.5, 0.6) is 0 Å². The van der Waals surface area contributed by atoms with Gasteiger partial charge >= 0.3 is 0 Å². The van der Waals surface area contributed by atoms with Crippen molar-refractivity contribution in [2.24, 2.45) is 0 Å². The Morgan fingerprint density at radius 2 is 2.12 bits per heavy atom. The molecule has 0 radical (unpaired) electrons. The fourth-order valence-corrected chi connectivity index (χ4v) is 2.29. The van der Waals surface area contributed by atoms with Gasteiger partial charge in [0.15, 0.2) is 0 Å². The Bertz CT molecular complexity index is 646. The van der Waals surface area contributed by atoms with Crippen LogP contribution >= 0.6 is 11.6 Å². The molecule has 24 heavy (non-hydrogen) atoms. The molecular formula is C17H22ClN3O3. The monoisotopic (exact) mass is 351 g/mol. The summed E-state index contributed by atoms with van der Waals surface area (Å²) in [6, 6.07) is 7.58. The molecular weight excluding hydrogens is 330 g/mol. The topological polar surface area (TPSA) is 65.4 Å². The van der Waals surface area contributed by atoms with Crippen molar-refractivity contribution >= 4 is 17.5 Å². The van der Waals surface area contributed by atoms with Gasteiger partial charge in [-0.15, -0.1) is 0 Å². The molecule has 130 valence electrons. The molecule has 6 nitrogen and oxygen atoms in total. The Kier molecular flexibility index (Phi) is 7.74. The smallest absolute Gasteiger partial charge is 0.254 e. The number of hydrogen-bond donors (Lipinski definition) is 1. The highest BCUT2D eigenvalue weighted by Crippen LogP contribution is 2.16. The number of nitrogens with zero attached hydrogens (tertiary/aromatic N) is 2. The molecule has 0 bridgehead atoms. The van der Waals surface area contributed by atoms with Crippen LogP contribution in [0.15, 0.2) is 36.7 Å². The minimum absolute atomic E-state index is 0.141. The second-order valence-electron chi connectivity index (χ2n) is 5.23. The van der Waals surface area contributed by atoms with Crippen molar-refractivity contribution in [3.63, 3.8) is 0 Å². The van der Waals surface area contributed by atoms with Gasteiger partial charge in [0.05, 0.1) is 31.5 Å². The Morgan fingerprint density at radius 3 is 2.92 bits per heavy atom. The molecule has 2 rings (SSSR count). The number of carbonyl (C=O) groups excluding carboxylic acids is 1. The van der Waals surface area contributed by atoms with E-state index in [-0.39, 0.29) is 5.91 Å². The number of benzene rings is 1. The van der Waals surface area contributed by atoms with E-state index in [0.717, 1.165) is 12.0 Å². The second kappa shape index (κ2) is 10.1. The van der Waals surface area contributed by atoms with Crippen LogP contribution in [-0.4, -0.2) is 49.2 Å². The molecule has 7 heteroatoms. The summed E-state index contributed by atoms with van der Waals surface area (Å²) in [6.07, 6.45) is 4.03. The van der Waals surface area contributed by atoms with Crippen molar-refractivity contribution in [3.8, 4) is 0 Å². The number of aromatic nitrogens is 2. The molecule has 0 saturated carbocycles. The molecule has 0 aliphatic heterocycles. The first-order valence-corrected chi connectivity index (χ1v) is 8.19. The number of hydrogen-bond acceptors (Lipinski definition) is 4. The van der Waals surface area contributed by atoms with Gasteiger partial charge in [-0.3, -0.25) is 9.48 Å². The van der Waals surface area contributed by atoms with Gasteiger partial charge in [0.2, 0.25) is 0 Å². The van der Waals surface area contributed by atoms with E-state index in [2.05, 4.69) is 10.4 Å². The van der Waals surface area contributed by atoms with Crippen LogP contribution in [0, 0.1) is 0 Å². The fraction of sp³-hybridized carbons (Fsp3) is 0.412. The third-order valence-corrected chi connectivity index (χ3v) is 3.74. The lowest BCUT2D eigenvalue weighted by Gasteiger charge is -2.05. The van der Waals surface area contributed by atoms with E-state index in [1.165, 1.54) is 0 Å². The Hall–Kier alpha value is -1.89. The van der Waals surface area contributed by atoms with E-state index in [0.29, 0.717) is 43.5 Å². The fourth-order valence-electron chi connectivity index (χ4n) is 2.09. The van der Waals surface area contributed by atoms with E-state index >= 15 is 0 Å². The number of methoxy groups -OCH3 is 1. The lowest BCUT2D eigenvalue weighted by atomic mass is 10.2. The van der Waals surface area contributed by atoms with Gasteiger partial charge in [0.25, 0.3) is 5.91 Å². The number of rotatable bonds is 10. The number of halogens is 1. The zero-order valence-electron chi connectivity index (χ0n) is 13.7. The van der Waals surface area contributed by atoms with Crippen LogP contribution in [0.25, 0.3) is 0 Å². The lowest BCUT2D eigenvalue weighted by molar-refractivity contribution is 0.0688. The quantitative estimate of drug-likeness (QED) is 0.667. The molecule has 0 atom stereocenters. The molecule has 0 saturated heterocycles. The van der Waals surface area contributed by atoms with Gasteiger partial charge < -0.3 is 14.8 Å². The maximum atomic E-state index is 12.1. The summed E-state index contributed by atoms with van der Waals surface area (Å²) in [4.78, 5) is 12.1. The van der Waals surface area contributed by atoms with Crippen molar-refractivity contribution in [1.29, 1.82) is 0 Å². The van der Waals surface area contributed by atoms with Gasteiger partial charge in [-0.25, -0.2) is 0 Å². The molecule has 1 amide bonds. The first-order chi connectivity index (χ1) is 11.7. The minimum Gasteiger partial charge on any atom is -0.382 e. The van der Waals surface area contributed by atoms with Crippen LogP contribution in [0.3, 0.4) is 0 Å². The maximum absolute atomic E-state index is 12.1. The van der Waals surface area contributed by atoms with Gasteiger partial charge in [-0.05, 0) is 18.1 Å². The van der Waals surface area contributed by atoms with Gasteiger partial charge in [0.1, 0.15) is 0 Å². The summed E-state index contributed by atoms with van der Waals surface area (Å²) in [5.74, 6) is -0.141. The Morgan fingerprint density at radius 1 is 1.29 bits per heavy atom. The summed E-state index contributed by atoms with van der Waals surface area (Å²) >= 11 is 6.13. The highest BCUT2D eigenvalue weighted by atomic mass is 35.5. The van der Waals surface area contributed by atoms with E-state index in [4.69, 9.17) is 21.1 Å². The first kappa shape index (κ1) is 18.4. The van der Waals surface area contributed by atoms with E-state index in [9.17, 15) is 4.79 Å². The summed E-state index contributed by atoms with van der Waals surface area (Å²) in [5.41, 5.74) is 1.49. The molecule has 0 aliphatic carbocycles. The molecule has 1 aromatic carbocycles. The molecule has 0 aliphatic rings. The van der Waals surface area contributed by atoms with Crippen molar-refractivity contribution in [2.75, 3.05) is 33.5 Å². The molecule has 1 heterocycles. The third-order valence-electron chi connectivity index (χ3n) is 3.37. The summed E-state index contributed by atoms with van der Waals surface area (Å²) in [6.45, 7) is 2.83. The SMILES string of the molecule is COCCOCCCNC(=O)c1cnn(Cc2ccccc2Cl)c1. The third kappa shape index (κ3) is 5.96. The average molecular weight is 352 g/mol. The average Bonchev–Trinajstić information content (AvgIpc) is 3.05. The van der Waals surface area contributed by atoms with Crippen molar-refractivity contribution in [1.82, 2.24) is 15.1 Å². The number of carbonyl (C=O) groups is 1. The van der Waals surface area contributed by atoms with Crippen LogP contribution < -0.4 is 5.32 Å². The Balaban J connectivity index is 1.74. The molecule has 1 aromatic heterocycles. The largest absolute Gasteiger partial charge is 0.382 e. The van der Waals surface area contributed by atoms with E-state index in [1.54, 1.807) is 24.2 Å². The highest BCUT2D eigenvalue weighted by Gasteiger charge is 2.09. The van der Waals surface area contributed by atoms with Gasteiger partial charge in [-0.2, -0.15) is 5.10 Å². The van der Waals surface area contributed by atoms with Crippen LogP contribution in [-0.2, 0) is 16.0 Å². The molecule has 0 spiro atoms. The molecule has 1 N–H and O–H groups in total. The predicted octanol–water partition coefficient (Wildman–Crippen LogP) is 2.37. The summed E-state index contributed by atoms with van der Waals surface area (Å²) in [5, 5.41) is 7.75. The molecule has 2 aromatic rings. The number of nitrogens with one attached hydrogen (secondary N) is 1. The van der Waals surface area contributed by atoms with Crippen LogP contribution in [0.2, 0.25) is 5.02 Å². The van der Waals surface area contributed by atoms with E-state index < -0.39 is 0 Å². The highest BCUT2D eigenvalue weighted by molar-refractivity contribution is 6.31. The second-order valence-corrected chi connectivity index (χ2v) is 5.64. The van der Waals surface area contributed by atoms with Crippen LogP contribution in [0.1, 0.15) is 22.3 Å². The normalized spacial score (nSPS) is 10.8. The number of amides is 1. The summed E-state index contributed by atoms with van der Waals surface area (Å²) < 4.78 is 11.9. The zero-order valence-corrected chi connectivity index (χ0v) is 14.5. The molecule has 0 fully saturated rings. The van der Waals surface area contributed by atoms with E-state index in [1.807, 2.05) is 24.3 Å². The summed E-state index contributed by atoms with van der Waals surface area (Å²) in [7, 11) is 1.63. The predicted molar refractivity (Wildman–Crippen MR) is 92.4 cm³/mol. The first-order valence-electron chi connectivity index (χ1n) is 7.81. The zero-order chi connectivity index (χ0) is 17.2.